The minimum absolute atomic E-state index is 0.569. The lowest BCUT2D eigenvalue weighted by atomic mass is 10.1. The van der Waals surface area contributed by atoms with Gasteiger partial charge in [-0.05, 0) is 62.4 Å². The molecule has 2 heterocycles. The summed E-state index contributed by atoms with van der Waals surface area (Å²) in [6, 6.07) is 16.1. The molecular formula is C19H18N6S. The van der Waals surface area contributed by atoms with Gasteiger partial charge in [-0.15, -0.1) is 0 Å². The zero-order valence-corrected chi connectivity index (χ0v) is 15.3. The molecule has 0 unspecified atom stereocenters. The molecule has 0 radical (unpaired) electrons. The highest BCUT2D eigenvalue weighted by molar-refractivity contribution is 7.97. The molecule has 26 heavy (non-hydrogen) atoms. The molecule has 0 atom stereocenters. The molecule has 0 spiro atoms. The second-order valence-corrected chi connectivity index (χ2v) is 7.34. The molecule has 4 rings (SSSR count). The summed E-state index contributed by atoms with van der Waals surface area (Å²) in [5, 5.41) is 3.29. The van der Waals surface area contributed by atoms with Crippen LogP contribution in [0, 0.1) is 0 Å². The number of anilines is 2. The first-order valence-electron chi connectivity index (χ1n) is 8.16. The van der Waals surface area contributed by atoms with Gasteiger partial charge in [0.15, 0.2) is 0 Å². The van der Waals surface area contributed by atoms with E-state index in [0.717, 1.165) is 32.9 Å². The fourth-order valence-electron chi connectivity index (χ4n) is 2.65. The predicted molar refractivity (Wildman–Crippen MR) is 106 cm³/mol. The summed E-state index contributed by atoms with van der Waals surface area (Å²) < 4.78 is 2.06. The second-order valence-electron chi connectivity index (χ2n) is 5.96. The normalized spacial score (nSPS) is 11.2. The van der Waals surface area contributed by atoms with Gasteiger partial charge >= 0.3 is 0 Å². The molecule has 0 fully saturated rings. The summed E-state index contributed by atoms with van der Waals surface area (Å²) in [5.41, 5.74) is 4.76. The van der Waals surface area contributed by atoms with Gasteiger partial charge < -0.3 is 10.3 Å². The molecule has 0 bridgehead atoms. The summed E-state index contributed by atoms with van der Waals surface area (Å²) in [6.07, 6.45) is 3.46. The second kappa shape index (κ2) is 7.15. The predicted octanol–water partition coefficient (Wildman–Crippen LogP) is 4.33. The lowest BCUT2D eigenvalue weighted by Gasteiger charge is -2.11. The molecular weight excluding hydrogens is 344 g/mol. The van der Waals surface area contributed by atoms with Gasteiger partial charge in [0.05, 0.1) is 23.1 Å². The van der Waals surface area contributed by atoms with Gasteiger partial charge in [-0.2, -0.15) is 0 Å². The fourth-order valence-corrected chi connectivity index (χ4v) is 3.39. The minimum atomic E-state index is 0.569. The first-order chi connectivity index (χ1) is 12.7. The number of hydrogen-bond donors (Lipinski definition) is 2. The quantitative estimate of drug-likeness (QED) is 0.515. The average molecular weight is 362 g/mol. The highest BCUT2D eigenvalue weighted by atomic mass is 32.2. The number of hydrogen-bond acceptors (Lipinski definition) is 6. The summed E-state index contributed by atoms with van der Waals surface area (Å²) >= 11 is 1.67. The Morgan fingerprint density at radius 3 is 2.85 bits per heavy atom. The van der Waals surface area contributed by atoms with E-state index in [-0.39, 0.29) is 0 Å². The molecule has 0 amide bonds. The highest BCUT2D eigenvalue weighted by Crippen LogP contribution is 2.25. The summed E-state index contributed by atoms with van der Waals surface area (Å²) in [6.45, 7) is 0. The molecule has 2 aromatic heterocycles. The average Bonchev–Trinajstić information content (AvgIpc) is 3.09. The van der Waals surface area contributed by atoms with Crippen LogP contribution in [0.2, 0.25) is 0 Å². The van der Waals surface area contributed by atoms with E-state index in [4.69, 9.17) is 0 Å². The van der Waals surface area contributed by atoms with Crippen LogP contribution in [0.3, 0.4) is 0 Å². The van der Waals surface area contributed by atoms with Crippen LogP contribution in [0.4, 0.5) is 11.6 Å². The topological polar surface area (TPSA) is 69.7 Å². The van der Waals surface area contributed by atoms with Gasteiger partial charge in [-0.25, -0.2) is 15.0 Å². The molecule has 0 aliphatic heterocycles. The highest BCUT2D eigenvalue weighted by Gasteiger charge is 2.06. The third kappa shape index (κ3) is 3.68. The molecule has 0 aliphatic carbocycles. The van der Waals surface area contributed by atoms with E-state index in [1.54, 1.807) is 24.5 Å². The molecule has 6 nitrogen and oxygen atoms in total. The van der Waals surface area contributed by atoms with Crippen LogP contribution in [-0.4, -0.2) is 38.3 Å². The Morgan fingerprint density at radius 1 is 1.04 bits per heavy atom. The van der Waals surface area contributed by atoms with Crippen LogP contribution in [0.15, 0.2) is 66.0 Å². The lowest BCUT2D eigenvalue weighted by molar-refractivity contribution is 0.703. The van der Waals surface area contributed by atoms with Gasteiger partial charge in [0, 0.05) is 22.3 Å². The zero-order valence-electron chi connectivity index (χ0n) is 14.5. The van der Waals surface area contributed by atoms with Crippen molar-refractivity contribution in [2.45, 2.75) is 4.90 Å². The van der Waals surface area contributed by atoms with E-state index in [1.165, 1.54) is 0 Å². The Bertz CT molecular complexity index is 1040. The number of benzene rings is 2. The summed E-state index contributed by atoms with van der Waals surface area (Å²) in [5.74, 6) is 0.569. The van der Waals surface area contributed by atoms with Crippen LogP contribution < -0.4 is 5.32 Å². The molecule has 2 aromatic carbocycles. The standard InChI is InChI=1S/C19H18N6S/c1-25(2)26-15-5-3-4-14(11-15)23-19-20-9-8-16(24-19)13-6-7-17-18(10-13)22-12-21-17/h3-12H,1-2H3,(H,21,22)(H,20,23,24). The summed E-state index contributed by atoms with van der Waals surface area (Å²) in [4.78, 5) is 17.5. The van der Waals surface area contributed by atoms with Crippen molar-refractivity contribution in [3.63, 3.8) is 0 Å². The van der Waals surface area contributed by atoms with Crippen LogP contribution in [0.1, 0.15) is 0 Å². The van der Waals surface area contributed by atoms with Crippen molar-refractivity contribution in [3.8, 4) is 11.3 Å². The van der Waals surface area contributed by atoms with Crippen LogP contribution in [0.25, 0.3) is 22.3 Å². The van der Waals surface area contributed by atoms with Crippen molar-refractivity contribution in [1.82, 2.24) is 24.2 Å². The smallest absolute Gasteiger partial charge is 0.227 e. The first-order valence-corrected chi connectivity index (χ1v) is 8.94. The Morgan fingerprint density at radius 2 is 1.96 bits per heavy atom. The largest absolute Gasteiger partial charge is 0.345 e. The van der Waals surface area contributed by atoms with Crippen LogP contribution >= 0.6 is 11.9 Å². The van der Waals surface area contributed by atoms with E-state index in [9.17, 15) is 0 Å². The summed E-state index contributed by atoms with van der Waals surface area (Å²) in [7, 11) is 4.04. The van der Waals surface area contributed by atoms with Gasteiger partial charge in [0.25, 0.3) is 0 Å². The van der Waals surface area contributed by atoms with E-state index < -0.39 is 0 Å². The number of rotatable bonds is 5. The molecule has 2 N–H and O–H groups in total. The van der Waals surface area contributed by atoms with Gasteiger partial charge in [0.1, 0.15) is 0 Å². The number of aromatic nitrogens is 4. The number of imidazole rings is 1. The fraction of sp³-hybridized carbons (Fsp3) is 0.105. The maximum atomic E-state index is 4.65. The van der Waals surface area contributed by atoms with Crippen molar-refractivity contribution in [1.29, 1.82) is 0 Å². The monoisotopic (exact) mass is 362 g/mol. The Balaban J connectivity index is 1.59. The number of aromatic amines is 1. The molecule has 0 aliphatic rings. The molecule has 0 saturated carbocycles. The van der Waals surface area contributed by atoms with Gasteiger partial charge in [-0.1, -0.05) is 12.1 Å². The zero-order chi connectivity index (χ0) is 17.9. The Kier molecular flexibility index (Phi) is 4.55. The maximum absolute atomic E-state index is 4.65. The van der Waals surface area contributed by atoms with E-state index >= 15 is 0 Å². The van der Waals surface area contributed by atoms with E-state index in [2.05, 4.69) is 41.7 Å². The Hall–Kier alpha value is -2.90. The Labute approximate surface area is 155 Å². The maximum Gasteiger partial charge on any atom is 0.227 e. The number of H-pyrrole nitrogens is 1. The third-order valence-corrected chi connectivity index (χ3v) is 4.58. The van der Waals surface area contributed by atoms with Crippen molar-refractivity contribution >= 4 is 34.6 Å². The minimum Gasteiger partial charge on any atom is -0.345 e. The van der Waals surface area contributed by atoms with Crippen molar-refractivity contribution in [2.24, 2.45) is 0 Å². The van der Waals surface area contributed by atoms with E-state index in [0.29, 0.717) is 5.95 Å². The van der Waals surface area contributed by atoms with Crippen molar-refractivity contribution in [2.75, 3.05) is 19.4 Å². The number of fused-ring (bicyclic) bond motifs is 1. The van der Waals surface area contributed by atoms with Crippen LogP contribution in [0.5, 0.6) is 0 Å². The number of nitrogens with one attached hydrogen (secondary N) is 2. The van der Waals surface area contributed by atoms with Crippen molar-refractivity contribution in [3.05, 3.63) is 61.1 Å². The number of nitrogens with zero attached hydrogens (tertiary/aromatic N) is 4. The SMILES string of the molecule is CN(C)Sc1cccc(Nc2nccc(-c3ccc4nc[nH]c4c3)n2)c1. The molecule has 4 aromatic rings. The van der Waals surface area contributed by atoms with Crippen LogP contribution in [-0.2, 0) is 0 Å². The van der Waals surface area contributed by atoms with Crippen molar-refractivity contribution < 1.29 is 0 Å². The van der Waals surface area contributed by atoms with Gasteiger partial charge in [0.2, 0.25) is 5.95 Å². The van der Waals surface area contributed by atoms with Gasteiger partial charge in [-0.3, -0.25) is 4.31 Å². The third-order valence-electron chi connectivity index (χ3n) is 3.75. The lowest BCUT2D eigenvalue weighted by Crippen LogP contribution is -2.00. The molecule has 0 saturated heterocycles. The first kappa shape index (κ1) is 16.6. The van der Waals surface area contributed by atoms with E-state index in [1.807, 2.05) is 50.5 Å². The molecule has 7 heteroatoms. The molecule has 130 valence electrons.